The molecule has 0 bridgehead atoms. The van der Waals surface area contributed by atoms with E-state index >= 15 is 0 Å². The summed E-state index contributed by atoms with van der Waals surface area (Å²) < 4.78 is 15.1. The number of rotatable bonds is 9. The van der Waals surface area contributed by atoms with Gasteiger partial charge in [0, 0.05) is 7.05 Å². The molecule has 0 saturated heterocycles. The summed E-state index contributed by atoms with van der Waals surface area (Å²) in [6.07, 6.45) is 4.98. The molecule has 86 valence electrons. The summed E-state index contributed by atoms with van der Waals surface area (Å²) in [7, 11) is 1.56. The average molecular weight is 215 g/mol. The van der Waals surface area contributed by atoms with Crippen molar-refractivity contribution in [3.63, 3.8) is 0 Å². The standard InChI is InChI=1S/C10H17NO4/c1-3-4-13-5-6-14-7-8-15-9-10(12)11-2/h1H,4-9H2,2H3,(H,11,12). The molecule has 0 radical (unpaired) electrons. The molecule has 1 N–H and O–H groups in total. The van der Waals surface area contributed by atoms with Gasteiger partial charge in [0.1, 0.15) is 13.2 Å². The maximum absolute atomic E-state index is 10.7. The van der Waals surface area contributed by atoms with E-state index in [1.54, 1.807) is 7.05 Å². The first-order valence-electron chi connectivity index (χ1n) is 4.68. The summed E-state index contributed by atoms with van der Waals surface area (Å²) in [5.74, 6) is 2.20. The van der Waals surface area contributed by atoms with Gasteiger partial charge in [-0.25, -0.2) is 0 Å². The molecule has 0 aliphatic rings. The Bertz CT molecular complexity index is 200. The van der Waals surface area contributed by atoms with Gasteiger partial charge in [-0.2, -0.15) is 0 Å². The van der Waals surface area contributed by atoms with E-state index < -0.39 is 0 Å². The molecule has 0 aromatic heterocycles. The van der Waals surface area contributed by atoms with Crippen LogP contribution >= 0.6 is 0 Å². The molecule has 0 fully saturated rings. The molecule has 0 aliphatic heterocycles. The number of carbonyl (C=O) groups is 1. The van der Waals surface area contributed by atoms with Crippen molar-refractivity contribution in [1.82, 2.24) is 5.32 Å². The zero-order valence-corrected chi connectivity index (χ0v) is 8.95. The molecule has 5 heteroatoms. The van der Waals surface area contributed by atoms with Crippen molar-refractivity contribution >= 4 is 5.91 Å². The summed E-state index contributed by atoms with van der Waals surface area (Å²) in [6, 6.07) is 0. The van der Waals surface area contributed by atoms with Crippen LogP contribution in [-0.4, -0.2) is 52.6 Å². The molecule has 0 aliphatic carbocycles. The molecule has 0 unspecified atom stereocenters. The van der Waals surface area contributed by atoms with Gasteiger partial charge in [0.25, 0.3) is 0 Å². The van der Waals surface area contributed by atoms with Crippen molar-refractivity contribution in [2.45, 2.75) is 0 Å². The van der Waals surface area contributed by atoms with Crippen molar-refractivity contribution in [2.24, 2.45) is 0 Å². The highest BCUT2D eigenvalue weighted by molar-refractivity contribution is 5.76. The lowest BCUT2D eigenvalue weighted by molar-refractivity contribution is -0.125. The highest BCUT2D eigenvalue weighted by Crippen LogP contribution is 1.80. The summed E-state index contributed by atoms with van der Waals surface area (Å²) in [4.78, 5) is 10.7. The zero-order chi connectivity index (χ0) is 11.4. The molecule has 0 spiro atoms. The monoisotopic (exact) mass is 215 g/mol. The summed E-state index contributed by atoms with van der Waals surface area (Å²) in [5.41, 5.74) is 0. The van der Waals surface area contributed by atoms with Gasteiger partial charge in [-0.1, -0.05) is 5.92 Å². The Morgan fingerprint density at radius 1 is 1.20 bits per heavy atom. The quantitative estimate of drug-likeness (QED) is 0.413. The second-order valence-electron chi connectivity index (χ2n) is 2.59. The number of nitrogens with one attached hydrogen (secondary N) is 1. The van der Waals surface area contributed by atoms with Gasteiger partial charge in [0.15, 0.2) is 0 Å². The highest BCUT2D eigenvalue weighted by atomic mass is 16.5. The molecule has 15 heavy (non-hydrogen) atoms. The molecule has 0 saturated carbocycles. The summed E-state index contributed by atoms with van der Waals surface area (Å²) >= 11 is 0. The van der Waals surface area contributed by atoms with Gasteiger partial charge >= 0.3 is 0 Å². The molecular weight excluding hydrogens is 198 g/mol. The number of amides is 1. The Labute approximate surface area is 90.1 Å². The third-order valence-corrected chi connectivity index (χ3v) is 1.44. The van der Waals surface area contributed by atoms with E-state index in [0.29, 0.717) is 33.0 Å². The topological polar surface area (TPSA) is 56.8 Å². The molecule has 0 aromatic carbocycles. The third kappa shape index (κ3) is 10.8. The van der Waals surface area contributed by atoms with Crippen molar-refractivity contribution in [3.05, 3.63) is 0 Å². The summed E-state index contributed by atoms with van der Waals surface area (Å²) in [5, 5.41) is 2.45. The minimum absolute atomic E-state index is 0.0629. The smallest absolute Gasteiger partial charge is 0.245 e. The second kappa shape index (κ2) is 11.0. The first-order valence-corrected chi connectivity index (χ1v) is 4.68. The van der Waals surface area contributed by atoms with E-state index in [0.717, 1.165) is 0 Å². The van der Waals surface area contributed by atoms with Crippen molar-refractivity contribution < 1.29 is 19.0 Å². The van der Waals surface area contributed by atoms with Crippen LogP contribution in [-0.2, 0) is 19.0 Å². The van der Waals surface area contributed by atoms with Gasteiger partial charge in [0.2, 0.25) is 5.91 Å². The predicted octanol–water partition coefficient (Wildman–Crippen LogP) is -0.585. The fourth-order valence-electron chi connectivity index (χ4n) is 0.706. The van der Waals surface area contributed by atoms with Gasteiger partial charge < -0.3 is 19.5 Å². The maximum atomic E-state index is 10.7. The van der Waals surface area contributed by atoms with E-state index in [-0.39, 0.29) is 12.5 Å². The maximum Gasteiger partial charge on any atom is 0.245 e. The number of terminal acetylenes is 1. The number of hydrogen-bond donors (Lipinski definition) is 1. The van der Waals surface area contributed by atoms with Gasteiger partial charge in [-0.05, 0) is 0 Å². The number of carbonyl (C=O) groups excluding carboxylic acids is 1. The van der Waals surface area contributed by atoms with Crippen LogP contribution in [0, 0.1) is 12.3 Å². The molecule has 0 heterocycles. The third-order valence-electron chi connectivity index (χ3n) is 1.44. The van der Waals surface area contributed by atoms with E-state index in [9.17, 15) is 4.79 Å². The SMILES string of the molecule is C#CCOCCOCCOCC(=O)NC. The lowest BCUT2D eigenvalue weighted by Gasteiger charge is -2.04. The van der Waals surface area contributed by atoms with E-state index in [1.807, 2.05) is 0 Å². The molecule has 0 rings (SSSR count). The minimum atomic E-state index is -0.146. The Kier molecular flexibility index (Phi) is 10.2. The predicted molar refractivity (Wildman–Crippen MR) is 55.4 cm³/mol. The largest absolute Gasteiger partial charge is 0.377 e. The zero-order valence-electron chi connectivity index (χ0n) is 8.95. The number of hydrogen-bond acceptors (Lipinski definition) is 4. The van der Waals surface area contributed by atoms with Gasteiger partial charge in [-0.3, -0.25) is 4.79 Å². The highest BCUT2D eigenvalue weighted by Gasteiger charge is 1.96. The van der Waals surface area contributed by atoms with Crippen LogP contribution in [0.3, 0.4) is 0 Å². The van der Waals surface area contributed by atoms with Crippen LogP contribution in [0.15, 0.2) is 0 Å². The number of likely N-dealkylation sites (N-methyl/N-ethyl adjacent to an activating group) is 1. The molecule has 0 aromatic rings. The Morgan fingerprint density at radius 3 is 2.40 bits per heavy atom. The summed E-state index contributed by atoms with van der Waals surface area (Å²) in [6.45, 7) is 2.15. The molecule has 5 nitrogen and oxygen atoms in total. The lowest BCUT2D eigenvalue weighted by atomic mass is 10.6. The normalized spacial score (nSPS) is 9.60. The second-order valence-corrected chi connectivity index (χ2v) is 2.59. The van der Waals surface area contributed by atoms with Crippen molar-refractivity contribution in [1.29, 1.82) is 0 Å². The minimum Gasteiger partial charge on any atom is -0.377 e. The Hall–Kier alpha value is -1.09. The van der Waals surface area contributed by atoms with Crippen LogP contribution in [0.25, 0.3) is 0 Å². The average Bonchev–Trinajstić information content (AvgIpc) is 2.26. The van der Waals surface area contributed by atoms with Crippen LogP contribution in [0.5, 0.6) is 0 Å². The molecular formula is C10H17NO4. The fraction of sp³-hybridized carbons (Fsp3) is 0.700. The lowest BCUT2D eigenvalue weighted by Crippen LogP contribution is -2.24. The van der Waals surface area contributed by atoms with Gasteiger partial charge in [-0.15, -0.1) is 6.42 Å². The van der Waals surface area contributed by atoms with Crippen LogP contribution in [0.4, 0.5) is 0 Å². The van der Waals surface area contributed by atoms with Gasteiger partial charge in [0.05, 0.1) is 26.4 Å². The first kappa shape index (κ1) is 13.9. The van der Waals surface area contributed by atoms with E-state index in [4.69, 9.17) is 20.6 Å². The van der Waals surface area contributed by atoms with Crippen LogP contribution in [0.1, 0.15) is 0 Å². The molecule has 0 atom stereocenters. The van der Waals surface area contributed by atoms with Crippen LogP contribution < -0.4 is 5.32 Å². The van der Waals surface area contributed by atoms with Crippen LogP contribution in [0.2, 0.25) is 0 Å². The Morgan fingerprint density at radius 2 is 1.80 bits per heavy atom. The first-order chi connectivity index (χ1) is 7.31. The Balaban J connectivity index is 2.99. The fourth-order valence-corrected chi connectivity index (χ4v) is 0.706. The van der Waals surface area contributed by atoms with E-state index in [2.05, 4.69) is 11.2 Å². The van der Waals surface area contributed by atoms with Crippen molar-refractivity contribution in [3.8, 4) is 12.3 Å². The molecule has 1 amide bonds. The number of ether oxygens (including phenoxy) is 3. The van der Waals surface area contributed by atoms with Crippen molar-refractivity contribution in [2.75, 3.05) is 46.7 Å². The van der Waals surface area contributed by atoms with E-state index in [1.165, 1.54) is 0 Å².